The maximum atomic E-state index is 4.54. The summed E-state index contributed by atoms with van der Waals surface area (Å²) in [7, 11) is 2.10. The summed E-state index contributed by atoms with van der Waals surface area (Å²) in [5.41, 5.74) is 0.928. The van der Waals surface area contributed by atoms with Gasteiger partial charge in [-0.05, 0) is 35.2 Å². The molecule has 3 rings (SSSR count). The minimum Gasteiger partial charge on any atom is -0.354 e. The summed E-state index contributed by atoms with van der Waals surface area (Å²) in [5, 5.41) is 0. The summed E-state index contributed by atoms with van der Waals surface area (Å²) in [6, 6.07) is 0.627. The van der Waals surface area contributed by atoms with E-state index in [0.717, 1.165) is 16.1 Å². The van der Waals surface area contributed by atoms with Gasteiger partial charge in [-0.15, -0.1) is 0 Å². The molecule has 0 atom stereocenters. The SMILES string of the molecule is CN(c1nc(Br)cn2ccnc12)C1CCC1. The number of aromatic nitrogens is 3. The van der Waals surface area contributed by atoms with E-state index in [1.807, 2.05) is 23.0 Å². The fourth-order valence-electron chi connectivity index (χ4n) is 2.07. The molecule has 1 fully saturated rings. The van der Waals surface area contributed by atoms with Crippen molar-refractivity contribution < 1.29 is 0 Å². The van der Waals surface area contributed by atoms with Crippen molar-refractivity contribution in [3.8, 4) is 0 Å². The van der Waals surface area contributed by atoms with E-state index in [2.05, 4.69) is 37.8 Å². The van der Waals surface area contributed by atoms with E-state index in [-0.39, 0.29) is 0 Å². The molecule has 2 aromatic rings. The lowest BCUT2D eigenvalue weighted by molar-refractivity contribution is 0.399. The van der Waals surface area contributed by atoms with Gasteiger partial charge in [0.1, 0.15) is 4.60 Å². The van der Waals surface area contributed by atoms with E-state index in [4.69, 9.17) is 0 Å². The Morgan fingerprint density at radius 1 is 1.50 bits per heavy atom. The topological polar surface area (TPSA) is 33.4 Å². The first-order valence-electron chi connectivity index (χ1n) is 5.48. The number of fused-ring (bicyclic) bond motifs is 1. The van der Waals surface area contributed by atoms with E-state index in [1.165, 1.54) is 19.3 Å². The van der Waals surface area contributed by atoms with Crippen molar-refractivity contribution in [3.05, 3.63) is 23.2 Å². The van der Waals surface area contributed by atoms with Crippen LogP contribution in [0, 0.1) is 0 Å². The average Bonchev–Trinajstić information content (AvgIpc) is 2.60. The molecule has 0 radical (unpaired) electrons. The van der Waals surface area contributed by atoms with Gasteiger partial charge in [0.25, 0.3) is 0 Å². The van der Waals surface area contributed by atoms with Crippen LogP contribution in [0.2, 0.25) is 0 Å². The zero-order chi connectivity index (χ0) is 11.1. The Balaban J connectivity index is 2.09. The Morgan fingerprint density at radius 3 is 3.00 bits per heavy atom. The third-order valence-corrected chi connectivity index (χ3v) is 3.67. The molecule has 0 bridgehead atoms. The van der Waals surface area contributed by atoms with Crippen LogP contribution in [0.4, 0.5) is 5.82 Å². The number of anilines is 1. The van der Waals surface area contributed by atoms with Crippen molar-refractivity contribution >= 4 is 27.4 Å². The van der Waals surface area contributed by atoms with Crippen molar-refractivity contribution in [2.24, 2.45) is 0 Å². The van der Waals surface area contributed by atoms with Gasteiger partial charge in [-0.25, -0.2) is 9.97 Å². The van der Waals surface area contributed by atoms with Crippen LogP contribution in [-0.2, 0) is 0 Å². The monoisotopic (exact) mass is 280 g/mol. The number of hydrogen-bond acceptors (Lipinski definition) is 3. The van der Waals surface area contributed by atoms with Crippen LogP contribution in [0.3, 0.4) is 0 Å². The fourth-order valence-corrected chi connectivity index (χ4v) is 2.46. The average molecular weight is 281 g/mol. The lowest BCUT2D eigenvalue weighted by atomic mass is 9.92. The van der Waals surface area contributed by atoms with Crippen LogP contribution in [-0.4, -0.2) is 27.5 Å². The van der Waals surface area contributed by atoms with Gasteiger partial charge in [0.15, 0.2) is 11.5 Å². The molecule has 0 saturated heterocycles. The molecule has 2 heterocycles. The van der Waals surface area contributed by atoms with Crippen LogP contribution in [0.15, 0.2) is 23.2 Å². The van der Waals surface area contributed by atoms with E-state index < -0.39 is 0 Å². The van der Waals surface area contributed by atoms with Crippen LogP contribution < -0.4 is 4.90 Å². The summed E-state index contributed by atoms with van der Waals surface area (Å²) in [6.07, 6.45) is 9.53. The summed E-state index contributed by atoms with van der Waals surface area (Å²) in [4.78, 5) is 11.1. The minimum absolute atomic E-state index is 0.627. The summed E-state index contributed by atoms with van der Waals surface area (Å²) < 4.78 is 2.85. The quantitative estimate of drug-likeness (QED) is 0.848. The smallest absolute Gasteiger partial charge is 0.180 e. The Kier molecular flexibility index (Phi) is 2.35. The molecule has 1 saturated carbocycles. The Labute approximate surface area is 102 Å². The molecule has 1 aliphatic rings. The van der Waals surface area contributed by atoms with Crippen LogP contribution in [0.1, 0.15) is 19.3 Å². The van der Waals surface area contributed by atoms with E-state index in [9.17, 15) is 0 Å². The van der Waals surface area contributed by atoms with Gasteiger partial charge in [-0.1, -0.05) is 0 Å². The van der Waals surface area contributed by atoms with Crippen LogP contribution >= 0.6 is 15.9 Å². The molecule has 1 aliphatic carbocycles. The second kappa shape index (κ2) is 3.73. The highest BCUT2D eigenvalue weighted by molar-refractivity contribution is 9.10. The molecule has 84 valence electrons. The molecule has 5 heteroatoms. The van der Waals surface area contributed by atoms with Crippen molar-refractivity contribution in [3.63, 3.8) is 0 Å². The van der Waals surface area contributed by atoms with E-state index >= 15 is 0 Å². The maximum absolute atomic E-state index is 4.54. The molecule has 0 spiro atoms. The standard InChI is InChI=1S/C11H13BrN4/c1-15(8-3-2-4-8)11-10-13-5-6-16(10)7-9(12)14-11/h5-8H,2-4H2,1H3. The molecule has 4 nitrogen and oxygen atoms in total. The molecular formula is C11H13BrN4. The van der Waals surface area contributed by atoms with Gasteiger partial charge in [0, 0.05) is 31.7 Å². The molecule has 16 heavy (non-hydrogen) atoms. The molecular weight excluding hydrogens is 268 g/mol. The van der Waals surface area contributed by atoms with Gasteiger partial charge in [-0.2, -0.15) is 0 Å². The van der Waals surface area contributed by atoms with Crippen LogP contribution in [0.5, 0.6) is 0 Å². The van der Waals surface area contributed by atoms with Gasteiger partial charge in [0.05, 0.1) is 0 Å². The highest BCUT2D eigenvalue weighted by Gasteiger charge is 2.25. The number of imidazole rings is 1. The van der Waals surface area contributed by atoms with Crippen molar-refractivity contribution in [1.29, 1.82) is 0 Å². The second-order valence-corrected chi connectivity index (χ2v) is 5.05. The normalized spacial score (nSPS) is 16.4. The van der Waals surface area contributed by atoms with Crippen molar-refractivity contribution in [1.82, 2.24) is 14.4 Å². The Bertz CT molecular complexity index is 518. The third kappa shape index (κ3) is 1.50. The van der Waals surface area contributed by atoms with Crippen molar-refractivity contribution in [2.75, 3.05) is 11.9 Å². The zero-order valence-corrected chi connectivity index (χ0v) is 10.7. The molecule has 2 aromatic heterocycles. The number of nitrogens with zero attached hydrogens (tertiary/aromatic N) is 4. The largest absolute Gasteiger partial charge is 0.354 e. The first-order valence-corrected chi connectivity index (χ1v) is 6.27. The molecule has 0 N–H and O–H groups in total. The lowest BCUT2D eigenvalue weighted by Gasteiger charge is -2.35. The van der Waals surface area contributed by atoms with E-state index in [1.54, 1.807) is 0 Å². The predicted molar refractivity (Wildman–Crippen MR) is 66.7 cm³/mol. The summed E-state index contributed by atoms with van der Waals surface area (Å²) in [6.45, 7) is 0. The minimum atomic E-state index is 0.627. The fraction of sp³-hybridized carbons (Fsp3) is 0.455. The third-order valence-electron chi connectivity index (χ3n) is 3.28. The predicted octanol–water partition coefficient (Wildman–Crippen LogP) is 2.48. The van der Waals surface area contributed by atoms with Crippen molar-refractivity contribution in [2.45, 2.75) is 25.3 Å². The first-order chi connectivity index (χ1) is 7.75. The number of hydrogen-bond donors (Lipinski definition) is 0. The Hall–Kier alpha value is -1.10. The summed E-state index contributed by atoms with van der Waals surface area (Å²) >= 11 is 3.44. The second-order valence-electron chi connectivity index (χ2n) is 4.24. The van der Waals surface area contributed by atoms with Gasteiger partial charge in [-0.3, -0.25) is 0 Å². The zero-order valence-electron chi connectivity index (χ0n) is 9.10. The first kappa shape index (κ1) is 10.1. The molecule has 0 aliphatic heterocycles. The molecule has 0 aromatic carbocycles. The highest BCUT2D eigenvalue weighted by Crippen LogP contribution is 2.29. The Morgan fingerprint density at radius 2 is 2.31 bits per heavy atom. The summed E-state index contributed by atoms with van der Waals surface area (Å²) in [5.74, 6) is 0.962. The molecule has 0 unspecified atom stereocenters. The maximum Gasteiger partial charge on any atom is 0.180 e. The van der Waals surface area contributed by atoms with Gasteiger partial charge >= 0.3 is 0 Å². The van der Waals surface area contributed by atoms with Gasteiger partial charge in [0.2, 0.25) is 0 Å². The van der Waals surface area contributed by atoms with Gasteiger partial charge < -0.3 is 9.30 Å². The van der Waals surface area contributed by atoms with E-state index in [0.29, 0.717) is 6.04 Å². The lowest BCUT2D eigenvalue weighted by Crippen LogP contribution is -2.37. The highest BCUT2D eigenvalue weighted by atomic mass is 79.9. The number of halogens is 1. The number of rotatable bonds is 2. The van der Waals surface area contributed by atoms with Crippen LogP contribution in [0.25, 0.3) is 5.65 Å². The molecule has 0 amide bonds.